The molecule has 0 atom stereocenters. The lowest BCUT2D eigenvalue weighted by Crippen LogP contribution is -2.40. The van der Waals surface area contributed by atoms with Crippen LogP contribution in [0.4, 0.5) is 0 Å². The van der Waals surface area contributed by atoms with Gasteiger partial charge in [0.2, 0.25) is 0 Å². The van der Waals surface area contributed by atoms with Gasteiger partial charge in [0.1, 0.15) is 0 Å². The zero-order valence-corrected chi connectivity index (χ0v) is 9.60. The van der Waals surface area contributed by atoms with Gasteiger partial charge in [-0.2, -0.15) is 0 Å². The molecule has 0 aromatic heterocycles. The minimum atomic E-state index is 0.130. The van der Waals surface area contributed by atoms with E-state index in [0.717, 1.165) is 0 Å². The van der Waals surface area contributed by atoms with Crippen LogP contribution < -0.4 is 0 Å². The zero-order chi connectivity index (χ0) is 8.67. The molecule has 0 aromatic rings. The average Bonchev–Trinajstić information content (AvgIpc) is 1.73. The molecule has 3 rings (SSSR count). The second-order valence-corrected chi connectivity index (χ2v) is 8.83. The van der Waals surface area contributed by atoms with E-state index >= 15 is 0 Å². The average molecular weight is 193 g/mol. The predicted octanol–water partition coefficient (Wildman–Crippen LogP) is 4.14. The Labute approximate surface area is 83.7 Å². The molecule has 0 aliphatic heterocycles. The van der Waals surface area contributed by atoms with Gasteiger partial charge in [-0.3, -0.25) is 0 Å². The molecule has 1 radical (unpaired) electrons. The molecule has 0 nitrogen and oxygen atoms in total. The van der Waals surface area contributed by atoms with Crippen molar-refractivity contribution < 1.29 is 0 Å². The molecule has 73 valence electrons. The SMILES string of the molecule is C1CC([Si](C2CCC2)C2CCC2)C1. The van der Waals surface area contributed by atoms with Crippen LogP contribution in [0.5, 0.6) is 0 Å². The fraction of sp³-hybridized carbons (Fsp3) is 1.00. The second-order valence-electron chi connectivity index (χ2n) is 5.38. The lowest BCUT2D eigenvalue weighted by atomic mass is 9.97. The van der Waals surface area contributed by atoms with Gasteiger partial charge in [-0.15, -0.1) is 0 Å². The van der Waals surface area contributed by atoms with E-state index in [-0.39, 0.29) is 8.80 Å². The minimum absolute atomic E-state index is 0.130. The van der Waals surface area contributed by atoms with Crippen molar-refractivity contribution in [2.75, 3.05) is 0 Å². The van der Waals surface area contributed by atoms with Crippen LogP contribution in [0.15, 0.2) is 0 Å². The molecule has 3 saturated carbocycles. The van der Waals surface area contributed by atoms with Gasteiger partial charge < -0.3 is 0 Å². The van der Waals surface area contributed by atoms with E-state index in [1.165, 1.54) is 16.6 Å². The van der Waals surface area contributed by atoms with Gasteiger partial charge in [0.25, 0.3) is 0 Å². The number of hydrogen-bond acceptors (Lipinski definition) is 0. The van der Waals surface area contributed by atoms with E-state index in [4.69, 9.17) is 0 Å². The highest BCUT2D eigenvalue weighted by atomic mass is 28.3. The molecule has 0 N–H and O–H groups in total. The Morgan fingerprint density at radius 3 is 1.00 bits per heavy atom. The highest BCUT2D eigenvalue weighted by Crippen LogP contribution is 2.54. The maximum atomic E-state index is 1.63. The van der Waals surface area contributed by atoms with E-state index in [1.54, 1.807) is 57.8 Å². The Morgan fingerprint density at radius 2 is 0.846 bits per heavy atom. The Morgan fingerprint density at radius 1 is 0.538 bits per heavy atom. The summed E-state index contributed by atoms with van der Waals surface area (Å²) in [5.74, 6) is 0. The molecule has 3 aliphatic carbocycles. The fourth-order valence-corrected chi connectivity index (χ4v) is 8.45. The molecule has 0 heterocycles. The van der Waals surface area contributed by atoms with Gasteiger partial charge in [-0.05, 0) is 16.6 Å². The van der Waals surface area contributed by atoms with Crippen LogP contribution in [0, 0.1) is 0 Å². The molecule has 1 heteroatoms. The van der Waals surface area contributed by atoms with Crippen molar-refractivity contribution >= 4 is 8.80 Å². The summed E-state index contributed by atoms with van der Waals surface area (Å²) >= 11 is 0. The Hall–Kier alpha value is 0.217. The molecule has 0 spiro atoms. The molecule has 0 amide bonds. The molecule has 0 saturated heterocycles. The van der Waals surface area contributed by atoms with Crippen molar-refractivity contribution in [1.82, 2.24) is 0 Å². The third-order valence-electron chi connectivity index (χ3n) is 4.73. The summed E-state index contributed by atoms with van der Waals surface area (Å²) in [5, 5.41) is 0. The number of rotatable bonds is 3. The zero-order valence-electron chi connectivity index (χ0n) is 8.60. The molecule has 0 unspecified atom stereocenters. The van der Waals surface area contributed by atoms with Crippen molar-refractivity contribution in [3.63, 3.8) is 0 Å². The summed E-state index contributed by atoms with van der Waals surface area (Å²) < 4.78 is 0. The van der Waals surface area contributed by atoms with Gasteiger partial charge >= 0.3 is 0 Å². The van der Waals surface area contributed by atoms with Crippen LogP contribution in [0.25, 0.3) is 0 Å². The first-order valence-electron chi connectivity index (χ1n) is 6.32. The second kappa shape index (κ2) is 3.41. The first-order chi connectivity index (χ1) is 6.45. The van der Waals surface area contributed by atoms with Crippen LogP contribution >= 0.6 is 0 Å². The van der Waals surface area contributed by atoms with E-state index in [2.05, 4.69) is 0 Å². The summed E-state index contributed by atoms with van der Waals surface area (Å²) in [6, 6.07) is 0. The molecular weight excluding hydrogens is 172 g/mol. The standard InChI is InChI=1S/C12H21Si/c1-4-10(5-1)13(11-6-2-7-11)12-8-3-9-12/h10-12H,1-9H2. The van der Waals surface area contributed by atoms with Gasteiger partial charge in [0, 0.05) is 0 Å². The monoisotopic (exact) mass is 193 g/mol. The highest BCUT2D eigenvalue weighted by Gasteiger charge is 2.43. The first kappa shape index (κ1) is 8.52. The van der Waals surface area contributed by atoms with Crippen LogP contribution in [0.3, 0.4) is 0 Å². The fourth-order valence-electron chi connectivity index (χ4n) is 3.22. The molecule has 3 fully saturated rings. The van der Waals surface area contributed by atoms with E-state index in [1.807, 2.05) is 0 Å². The molecule has 3 aliphatic rings. The highest BCUT2D eigenvalue weighted by molar-refractivity contribution is 6.64. The van der Waals surface area contributed by atoms with Crippen molar-refractivity contribution in [2.24, 2.45) is 0 Å². The number of hydrogen-bond donors (Lipinski definition) is 0. The molecule has 0 bridgehead atoms. The minimum Gasteiger partial charge on any atom is -0.0533 e. The Balaban J connectivity index is 1.64. The van der Waals surface area contributed by atoms with Crippen molar-refractivity contribution in [3.8, 4) is 0 Å². The van der Waals surface area contributed by atoms with Crippen LogP contribution in [-0.2, 0) is 0 Å². The summed E-state index contributed by atoms with van der Waals surface area (Å²) in [6.45, 7) is 0. The van der Waals surface area contributed by atoms with E-state index < -0.39 is 0 Å². The topological polar surface area (TPSA) is 0 Å². The lowest BCUT2D eigenvalue weighted by molar-refractivity contribution is 0.400. The lowest BCUT2D eigenvalue weighted by Gasteiger charge is -2.48. The quantitative estimate of drug-likeness (QED) is 0.591. The maximum Gasteiger partial charge on any atom is 0.0578 e. The van der Waals surface area contributed by atoms with Crippen molar-refractivity contribution in [1.29, 1.82) is 0 Å². The van der Waals surface area contributed by atoms with Crippen molar-refractivity contribution in [3.05, 3.63) is 0 Å². The molecule has 13 heavy (non-hydrogen) atoms. The van der Waals surface area contributed by atoms with Crippen LogP contribution in [-0.4, -0.2) is 8.80 Å². The van der Waals surface area contributed by atoms with Crippen LogP contribution in [0.1, 0.15) is 57.8 Å². The molecule has 0 aromatic carbocycles. The van der Waals surface area contributed by atoms with Gasteiger partial charge in [0.15, 0.2) is 0 Å². The van der Waals surface area contributed by atoms with Crippen molar-refractivity contribution in [2.45, 2.75) is 74.4 Å². The normalized spacial score (nSPS) is 31.2. The summed E-state index contributed by atoms with van der Waals surface area (Å²) in [4.78, 5) is 0. The Kier molecular flexibility index (Phi) is 2.24. The smallest absolute Gasteiger partial charge is 0.0533 e. The van der Waals surface area contributed by atoms with Crippen LogP contribution in [0.2, 0.25) is 16.6 Å². The van der Waals surface area contributed by atoms with Gasteiger partial charge in [0.05, 0.1) is 8.80 Å². The summed E-state index contributed by atoms with van der Waals surface area (Å²) in [7, 11) is 0.130. The van der Waals surface area contributed by atoms with Gasteiger partial charge in [-0.25, -0.2) is 0 Å². The maximum absolute atomic E-state index is 1.63. The first-order valence-corrected chi connectivity index (χ1v) is 8.05. The van der Waals surface area contributed by atoms with Gasteiger partial charge in [-0.1, -0.05) is 57.8 Å². The molecular formula is C12H21Si. The summed E-state index contributed by atoms with van der Waals surface area (Å²) in [6.07, 6.45) is 14.5. The van der Waals surface area contributed by atoms with E-state index in [9.17, 15) is 0 Å². The third-order valence-corrected chi connectivity index (χ3v) is 9.29. The largest absolute Gasteiger partial charge is 0.0578 e. The third kappa shape index (κ3) is 1.40. The predicted molar refractivity (Wildman–Crippen MR) is 58.6 cm³/mol. The Bertz CT molecular complexity index is 144. The van der Waals surface area contributed by atoms with E-state index in [0.29, 0.717) is 0 Å². The summed E-state index contributed by atoms with van der Waals surface area (Å²) in [5.41, 5.74) is 3.83.